The third-order valence-electron chi connectivity index (χ3n) is 2.56. The summed E-state index contributed by atoms with van der Waals surface area (Å²) in [6.45, 7) is 1.79. The van der Waals surface area contributed by atoms with E-state index in [1.54, 1.807) is 13.0 Å². The van der Waals surface area contributed by atoms with Gasteiger partial charge in [0.1, 0.15) is 0 Å². The van der Waals surface area contributed by atoms with Crippen molar-refractivity contribution in [3.05, 3.63) is 32.6 Å². The minimum Gasteiger partial charge on any atom is -0.493 e. The number of nitrogens with zero attached hydrogens (tertiary/aromatic N) is 5. The molecule has 2 aromatic heterocycles. The molecule has 19 heavy (non-hydrogen) atoms. The average Bonchev–Trinajstić information content (AvgIpc) is 2.80. The topological polar surface area (TPSA) is 118 Å². The highest BCUT2D eigenvalue weighted by atomic mass is 16.3. The molecule has 0 atom stereocenters. The molecular weight excluding hydrogens is 252 g/mol. The fraction of sp³-hybridized carbons (Fsp3) is 0.300. The van der Waals surface area contributed by atoms with Crippen LogP contribution in [0.5, 0.6) is 5.88 Å². The maximum atomic E-state index is 11.8. The summed E-state index contributed by atoms with van der Waals surface area (Å²) < 4.78 is 1.75. The normalized spacial score (nSPS) is 11.3. The predicted molar refractivity (Wildman–Crippen MR) is 66.1 cm³/mol. The van der Waals surface area contributed by atoms with E-state index in [1.807, 2.05) is 0 Å². The number of aromatic hydroxyl groups is 1. The summed E-state index contributed by atoms with van der Waals surface area (Å²) in [7, 11) is 2.62. The molecule has 0 aliphatic carbocycles. The highest BCUT2D eigenvalue weighted by Gasteiger charge is 2.14. The second-order valence-corrected chi connectivity index (χ2v) is 3.99. The standard InChI is InChI=1S/C10H12N6O3/c1-5-4-6(12-11-5)13-14-7-8(17)15(2)10(19)16(3)9(7)18/h4,17H,1-3H3,(H,11,12). The maximum Gasteiger partial charge on any atom is 0.333 e. The molecule has 0 saturated carbocycles. The Morgan fingerprint density at radius 1 is 1.26 bits per heavy atom. The molecule has 100 valence electrons. The minimum absolute atomic E-state index is 0.271. The molecule has 0 saturated heterocycles. The van der Waals surface area contributed by atoms with Crippen LogP contribution < -0.4 is 11.2 Å². The van der Waals surface area contributed by atoms with Crippen molar-refractivity contribution in [2.75, 3.05) is 0 Å². The van der Waals surface area contributed by atoms with Gasteiger partial charge < -0.3 is 5.11 Å². The number of aromatic nitrogens is 4. The fourth-order valence-corrected chi connectivity index (χ4v) is 1.46. The number of azo groups is 1. The monoisotopic (exact) mass is 264 g/mol. The van der Waals surface area contributed by atoms with Crippen molar-refractivity contribution >= 4 is 11.5 Å². The van der Waals surface area contributed by atoms with Crippen LogP contribution in [-0.2, 0) is 14.1 Å². The molecule has 2 aromatic rings. The van der Waals surface area contributed by atoms with Crippen LogP contribution >= 0.6 is 0 Å². The van der Waals surface area contributed by atoms with E-state index >= 15 is 0 Å². The molecule has 0 fully saturated rings. The van der Waals surface area contributed by atoms with Crippen LogP contribution in [0.3, 0.4) is 0 Å². The Bertz CT molecular complexity index is 767. The Morgan fingerprint density at radius 2 is 1.95 bits per heavy atom. The third kappa shape index (κ3) is 2.17. The number of aryl methyl sites for hydroxylation is 1. The molecule has 2 N–H and O–H groups in total. The van der Waals surface area contributed by atoms with E-state index in [1.165, 1.54) is 14.1 Å². The van der Waals surface area contributed by atoms with E-state index in [4.69, 9.17) is 0 Å². The van der Waals surface area contributed by atoms with E-state index in [0.29, 0.717) is 0 Å². The summed E-state index contributed by atoms with van der Waals surface area (Å²) >= 11 is 0. The van der Waals surface area contributed by atoms with Crippen molar-refractivity contribution in [1.82, 2.24) is 19.3 Å². The van der Waals surface area contributed by atoms with E-state index in [0.717, 1.165) is 14.8 Å². The van der Waals surface area contributed by atoms with Crippen LogP contribution in [0.2, 0.25) is 0 Å². The molecule has 9 heteroatoms. The van der Waals surface area contributed by atoms with Gasteiger partial charge in [0.2, 0.25) is 11.6 Å². The summed E-state index contributed by atoms with van der Waals surface area (Å²) in [5.41, 5.74) is -0.898. The molecule has 2 heterocycles. The zero-order chi connectivity index (χ0) is 14.2. The molecule has 0 aliphatic rings. The Hall–Kier alpha value is -2.71. The summed E-state index contributed by atoms with van der Waals surface area (Å²) in [6.07, 6.45) is 0. The van der Waals surface area contributed by atoms with Crippen molar-refractivity contribution in [2.24, 2.45) is 24.3 Å². The van der Waals surface area contributed by atoms with Gasteiger partial charge in [-0.2, -0.15) is 5.10 Å². The third-order valence-corrected chi connectivity index (χ3v) is 2.56. The quantitative estimate of drug-likeness (QED) is 0.755. The van der Waals surface area contributed by atoms with Crippen LogP contribution in [-0.4, -0.2) is 24.4 Å². The second kappa shape index (κ2) is 4.52. The first-order valence-electron chi connectivity index (χ1n) is 5.34. The van der Waals surface area contributed by atoms with Gasteiger partial charge in [0.25, 0.3) is 5.56 Å². The summed E-state index contributed by atoms with van der Waals surface area (Å²) in [5.74, 6) is -0.267. The number of nitrogens with one attached hydrogen (secondary N) is 1. The van der Waals surface area contributed by atoms with Gasteiger partial charge >= 0.3 is 5.69 Å². The molecule has 2 rings (SSSR count). The van der Waals surface area contributed by atoms with Gasteiger partial charge in [0.15, 0.2) is 5.82 Å². The van der Waals surface area contributed by atoms with Gasteiger partial charge in [-0.05, 0) is 6.92 Å². The van der Waals surface area contributed by atoms with Crippen LogP contribution in [0.15, 0.2) is 25.9 Å². The molecular formula is C10H12N6O3. The Morgan fingerprint density at radius 3 is 2.53 bits per heavy atom. The van der Waals surface area contributed by atoms with Crippen molar-refractivity contribution in [3.8, 4) is 5.88 Å². The van der Waals surface area contributed by atoms with Gasteiger partial charge in [-0.3, -0.25) is 19.0 Å². The summed E-state index contributed by atoms with van der Waals surface area (Å²) in [6, 6.07) is 1.62. The molecule has 0 bridgehead atoms. The van der Waals surface area contributed by atoms with Gasteiger partial charge in [0, 0.05) is 25.9 Å². The largest absolute Gasteiger partial charge is 0.493 e. The molecule has 0 unspecified atom stereocenters. The predicted octanol–water partition coefficient (Wildman–Crippen LogP) is 0.237. The fourth-order valence-electron chi connectivity index (χ4n) is 1.46. The van der Waals surface area contributed by atoms with Crippen molar-refractivity contribution in [3.63, 3.8) is 0 Å². The second-order valence-electron chi connectivity index (χ2n) is 3.99. The first-order valence-corrected chi connectivity index (χ1v) is 5.34. The van der Waals surface area contributed by atoms with Gasteiger partial charge in [-0.25, -0.2) is 4.79 Å². The summed E-state index contributed by atoms with van der Waals surface area (Å²) in [5, 5.41) is 23.6. The minimum atomic E-state index is -0.725. The number of rotatable bonds is 2. The molecule has 0 aliphatic heterocycles. The Labute approximate surface area is 106 Å². The number of hydrogen-bond donors (Lipinski definition) is 2. The van der Waals surface area contributed by atoms with E-state index in [-0.39, 0.29) is 11.5 Å². The van der Waals surface area contributed by atoms with Crippen LogP contribution in [0.25, 0.3) is 0 Å². The molecule has 0 radical (unpaired) electrons. The van der Waals surface area contributed by atoms with Crippen LogP contribution in [0.4, 0.5) is 11.5 Å². The highest BCUT2D eigenvalue weighted by molar-refractivity contribution is 5.44. The average molecular weight is 264 g/mol. The van der Waals surface area contributed by atoms with Gasteiger partial charge in [-0.15, -0.1) is 10.2 Å². The SMILES string of the molecule is Cc1cc(N=Nc2c(O)n(C)c(=O)n(C)c2=O)n[nH]1. The molecule has 0 spiro atoms. The van der Waals surface area contributed by atoms with Gasteiger partial charge in [0.05, 0.1) is 0 Å². The lowest BCUT2D eigenvalue weighted by Crippen LogP contribution is -2.36. The van der Waals surface area contributed by atoms with E-state index in [9.17, 15) is 14.7 Å². The number of H-pyrrole nitrogens is 1. The maximum absolute atomic E-state index is 11.8. The Kier molecular flexibility index (Phi) is 3.03. The Balaban J connectivity index is 2.55. The number of hydrogen-bond acceptors (Lipinski definition) is 6. The molecule has 9 nitrogen and oxygen atoms in total. The summed E-state index contributed by atoms with van der Waals surface area (Å²) in [4.78, 5) is 23.3. The zero-order valence-electron chi connectivity index (χ0n) is 10.6. The molecule has 0 aromatic carbocycles. The lowest BCUT2D eigenvalue weighted by molar-refractivity contribution is 0.413. The lowest BCUT2D eigenvalue weighted by atomic mass is 10.5. The van der Waals surface area contributed by atoms with Crippen molar-refractivity contribution in [1.29, 1.82) is 0 Å². The van der Waals surface area contributed by atoms with Crippen molar-refractivity contribution in [2.45, 2.75) is 6.92 Å². The smallest absolute Gasteiger partial charge is 0.333 e. The van der Waals surface area contributed by atoms with Crippen molar-refractivity contribution < 1.29 is 5.11 Å². The van der Waals surface area contributed by atoms with Crippen LogP contribution in [0.1, 0.15) is 5.69 Å². The van der Waals surface area contributed by atoms with E-state index < -0.39 is 17.1 Å². The lowest BCUT2D eigenvalue weighted by Gasteiger charge is -2.05. The van der Waals surface area contributed by atoms with Crippen LogP contribution in [0, 0.1) is 6.92 Å². The number of aromatic amines is 1. The first kappa shape index (κ1) is 12.7. The van der Waals surface area contributed by atoms with E-state index in [2.05, 4.69) is 20.4 Å². The zero-order valence-corrected chi connectivity index (χ0v) is 10.6. The molecule has 0 amide bonds. The van der Waals surface area contributed by atoms with Gasteiger partial charge in [-0.1, -0.05) is 0 Å². The first-order chi connectivity index (χ1) is 8.91. The highest BCUT2D eigenvalue weighted by Crippen LogP contribution is 2.21.